The molecule has 174 valence electrons. The van der Waals surface area contributed by atoms with Crippen molar-refractivity contribution in [3.05, 3.63) is 42.5 Å². The van der Waals surface area contributed by atoms with Crippen LogP contribution in [0.25, 0.3) is 10.2 Å². The second-order valence-electron chi connectivity index (χ2n) is 6.84. The Morgan fingerprint density at radius 1 is 1.00 bits per heavy atom. The van der Waals surface area contributed by atoms with E-state index in [1.807, 2.05) is 30.3 Å². The number of methoxy groups -OCH3 is 2. The number of hydrogen-bond donors (Lipinski definition) is 0. The molecule has 0 bridgehead atoms. The number of rotatable bonds is 11. The van der Waals surface area contributed by atoms with Gasteiger partial charge in [0.15, 0.2) is 23.2 Å². The van der Waals surface area contributed by atoms with E-state index in [4.69, 9.17) is 19.2 Å². The number of carbonyl (C=O) groups is 1. The molecule has 0 aliphatic carbocycles. The van der Waals surface area contributed by atoms with Gasteiger partial charge in [-0.1, -0.05) is 37.3 Å². The highest BCUT2D eigenvalue weighted by Gasteiger charge is 2.21. The summed E-state index contributed by atoms with van der Waals surface area (Å²) in [7, 11) is 3.22. The van der Waals surface area contributed by atoms with Gasteiger partial charge in [0, 0.05) is 13.1 Å². The van der Waals surface area contributed by atoms with Gasteiger partial charge in [-0.05, 0) is 43.4 Å². The molecule has 0 saturated carbocycles. The molecule has 7 nitrogen and oxygen atoms in total. The van der Waals surface area contributed by atoms with E-state index < -0.39 is 0 Å². The Labute approximate surface area is 199 Å². The molecule has 0 saturated heterocycles. The number of carbonyl (C=O) groups excluding carboxylic acids is 1. The largest absolute Gasteiger partial charge is 0.497 e. The van der Waals surface area contributed by atoms with E-state index in [2.05, 4.69) is 18.7 Å². The Morgan fingerprint density at radius 3 is 2.38 bits per heavy atom. The highest BCUT2D eigenvalue weighted by atomic mass is 35.5. The number of ether oxygens (including phenoxy) is 3. The van der Waals surface area contributed by atoms with Crippen LogP contribution >= 0.6 is 23.7 Å². The quantitative estimate of drug-likeness (QED) is 0.404. The predicted octanol–water partition coefficient (Wildman–Crippen LogP) is 4.49. The van der Waals surface area contributed by atoms with Crippen LogP contribution in [0.4, 0.5) is 5.13 Å². The molecule has 2 aromatic carbocycles. The Kier molecular flexibility index (Phi) is 10.0. The number of thiazole rings is 1. The second-order valence-corrected chi connectivity index (χ2v) is 7.85. The molecular formula is C23H30ClN3O4S. The number of nitrogens with zero attached hydrogens (tertiary/aromatic N) is 3. The summed E-state index contributed by atoms with van der Waals surface area (Å²) in [6.45, 7) is 7.27. The maximum absolute atomic E-state index is 13.2. The summed E-state index contributed by atoms with van der Waals surface area (Å²) in [6, 6.07) is 13.0. The summed E-state index contributed by atoms with van der Waals surface area (Å²) in [5.74, 6) is 1.75. The SMILES string of the molecule is CCN(CC)CCN(C(=O)COc1ccccc1OC)c1nc2ccc(OC)cc2s1.Cl. The highest BCUT2D eigenvalue weighted by molar-refractivity contribution is 7.22. The average Bonchev–Trinajstić information content (AvgIpc) is 3.23. The fourth-order valence-corrected chi connectivity index (χ4v) is 4.24. The maximum Gasteiger partial charge on any atom is 0.266 e. The first-order chi connectivity index (χ1) is 15.1. The number of hydrogen-bond acceptors (Lipinski definition) is 7. The van der Waals surface area contributed by atoms with Gasteiger partial charge in [-0.15, -0.1) is 12.4 Å². The number of anilines is 1. The second kappa shape index (κ2) is 12.5. The first kappa shape index (κ1) is 25.7. The normalized spacial score (nSPS) is 10.7. The Balaban J connectivity index is 0.00000363. The van der Waals surface area contributed by atoms with Crippen molar-refractivity contribution in [3.63, 3.8) is 0 Å². The van der Waals surface area contributed by atoms with Crippen LogP contribution in [0.5, 0.6) is 17.2 Å². The smallest absolute Gasteiger partial charge is 0.266 e. The molecule has 0 atom stereocenters. The lowest BCUT2D eigenvalue weighted by molar-refractivity contribution is -0.120. The van der Waals surface area contributed by atoms with Crippen molar-refractivity contribution in [3.8, 4) is 17.2 Å². The number of likely N-dealkylation sites (N-methyl/N-ethyl adjacent to an activating group) is 1. The Morgan fingerprint density at radius 2 is 1.72 bits per heavy atom. The van der Waals surface area contributed by atoms with E-state index in [0.717, 1.165) is 35.6 Å². The van der Waals surface area contributed by atoms with Gasteiger partial charge in [0.1, 0.15) is 5.75 Å². The van der Waals surface area contributed by atoms with Crippen molar-refractivity contribution in [2.24, 2.45) is 0 Å². The first-order valence-corrected chi connectivity index (χ1v) is 11.1. The minimum atomic E-state index is -0.149. The van der Waals surface area contributed by atoms with Crippen molar-refractivity contribution in [2.75, 3.05) is 51.9 Å². The molecule has 1 heterocycles. The minimum absolute atomic E-state index is 0. The number of fused-ring (bicyclic) bond motifs is 1. The summed E-state index contributed by atoms with van der Waals surface area (Å²) in [6.07, 6.45) is 0. The molecule has 1 aromatic heterocycles. The van der Waals surface area contributed by atoms with Crippen molar-refractivity contribution in [1.82, 2.24) is 9.88 Å². The lowest BCUT2D eigenvalue weighted by Crippen LogP contribution is -2.41. The van der Waals surface area contributed by atoms with Gasteiger partial charge in [-0.2, -0.15) is 0 Å². The number of amides is 1. The number of aromatic nitrogens is 1. The minimum Gasteiger partial charge on any atom is -0.497 e. The van der Waals surface area contributed by atoms with Crippen LogP contribution in [-0.2, 0) is 4.79 Å². The molecule has 0 unspecified atom stereocenters. The van der Waals surface area contributed by atoms with Crippen LogP contribution in [0.15, 0.2) is 42.5 Å². The number of halogens is 1. The van der Waals surface area contributed by atoms with Crippen molar-refractivity contribution < 1.29 is 19.0 Å². The molecule has 0 fully saturated rings. The third-order valence-corrected chi connectivity index (χ3v) is 6.11. The first-order valence-electron chi connectivity index (χ1n) is 10.3. The Hall–Kier alpha value is -2.55. The van der Waals surface area contributed by atoms with Crippen LogP contribution in [0.2, 0.25) is 0 Å². The number of benzene rings is 2. The third-order valence-electron chi connectivity index (χ3n) is 5.07. The van der Waals surface area contributed by atoms with E-state index >= 15 is 0 Å². The highest BCUT2D eigenvalue weighted by Crippen LogP contribution is 2.32. The van der Waals surface area contributed by atoms with Crippen LogP contribution < -0.4 is 19.1 Å². The number of para-hydroxylation sites is 2. The van der Waals surface area contributed by atoms with Crippen LogP contribution in [0.3, 0.4) is 0 Å². The summed E-state index contributed by atoms with van der Waals surface area (Å²) in [5.41, 5.74) is 0.840. The molecule has 0 spiro atoms. The van der Waals surface area contributed by atoms with Crippen molar-refractivity contribution in [1.29, 1.82) is 0 Å². The van der Waals surface area contributed by atoms with Crippen LogP contribution in [0, 0.1) is 0 Å². The monoisotopic (exact) mass is 479 g/mol. The van der Waals surface area contributed by atoms with Gasteiger partial charge in [-0.3, -0.25) is 9.69 Å². The lowest BCUT2D eigenvalue weighted by atomic mass is 10.3. The molecule has 3 rings (SSSR count). The van der Waals surface area contributed by atoms with Gasteiger partial charge < -0.3 is 19.1 Å². The summed E-state index contributed by atoms with van der Waals surface area (Å²) >= 11 is 1.47. The molecule has 32 heavy (non-hydrogen) atoms. The van der Waals surface area contributed by atoms with Crippen LogP contribution in [0.1, 0.15) is 13.8 Å². The van der Waals surface area contributed by atoms with Crippen molar-refractivity contribution in [2.45, 2.75) is 13.8 Å². The van der Waals surface area contributed by atoms with Gasteiger partial charge in [0.25, 0.3) is 5.91 Å². The predicted molar refractivity (Wildman–Crippen MR) is 132 cm³/mol. The average molecular weight is 480 g/mol. The van der Waals surface area contributed by atoms with E-state index in [1.54, 1.807) is 31.3 Å². The third kappa shape index (κ3) is 6.25. The molecule has 0 aliphatic heterocycles. The van der Waals surface area contributed by atoms with Gasteiger partial charge in [-0.25, -0.2) is 4.98 Å². The lowest BCUT2D eigenvalue weighted by Gasteiger charge is -2.24. The van der Waals surface area contributed by atoms with Gasteiger partial charge in [0.2, 0.25) is 0 Å². The zero-order valence-corrected chi connectivity index (χ0v) is 20.5. The molecule has 1 amide bonds. The zero-order chi connectivity index (χ0) is 22.2. The maximum atomic E-state index is 13.2. The van der Waals surface area contributed by atoms with E-state index in [0.29, 0.717) is 23.2 Å². The van der Waals surface area contributed by atoms with Gasteiger partial charge in [0.05, 0.1) is 24.4 Å². The fourth-order valence-electron chi connectivity index (χ4n) is 3.20. The molecular weight excluding hydrogens is 450 g/mol. The fraction of sp³-hybridized carbons (Fsp3) is 0.391. The summed E-state index contributed by atoms with van der Waals surface area (Å²) < 4.78 is 17.4. The molecule has 9 heteroatoms. The van der Waals surface area contributed by atoms with Gasteiger partial charge >= 0.3 is 0 Å². The van der Waals surface area contributed by atoms with Crippen LogP contribution in [-0.4, -0.2) is 62.8 Å². The zero-order valence-electron chi connectivity index (χ0n) is 18.9. The van der Waals surface area contributed by atoms with E-state index in [9.17, 15) is 4.79 Å². The molecule has 0 radical (unpaired) electrons. The summed E-state index contributed by atoms with van der Waals surface area (Å²) in [5, 5.41) is 0.657. The molecule has 0 aliphatic rings. The molecule has 0 N–H and O–H groups in total. The standard InChI is InChI=1S/C23H29N3O4S.ClH/c1-5-25(6-2)13-14-26(22(27)16-30-20-10-8-7-9-19(20)29-4)23-24-18-12-11-17(28-3)15-21(18)31-23;/h7-12,15H,5-6,13-14,16H2,1-4H3;1H. The van der Waals surface area contributed by atoms with Crippen molar-refractivity contribution >= 4 is 45.0 Å². The van der Waals surface area contributed by atoms with E-state index in [-0.39, 0.29) is 24.9 Å². The topological polar surface area (TPSA) is 64.1 Å². The Bertz CT molecular complexity index is 1010. The van der Waals surface area contributed by atoms with E-state index in [1.165, 1.54) is 11.3 Å². The summed E-state index contributed by atoms with van der Waals surface area (Å²) in [4.78, 5) is 21.9. The molecule has 3 aromatic rings.